The minimum Gasteiger partial charge on any atom is -0.494 e. The molecule has 1 unspecified atom stereocenters. The van der Waals surface area contributed by atoms with Crippen molar-refractivity contribution in [2.75, 3.05) is 84.4 Å². The summed E-state index contributed by atoms with van der Waals surface area (Å²) in [6.07, 6.45) is -0.164. The topological polar surface area (TPSA) is 174 Å². The highest BCUT2D eigenvalue weighted by Crippen LogP contribution is 2.42. The fourth-order valence-electron chi connectivity index (χ4n) is 5.36. The van der Waals surface area contributed by atoms with Crippen molar-refractivity contribution in [1.29, 1.82) is 0 Å². The molecule has 3 aromatic rings. The molecule has 0 aliphatic carbocycles. The molecule has 49 heavy (non-hydrogen) atoms. The van der Waals surface area contributed by atoms with E-state index in [-0.39, 0.29) is 17.9 Å². The summed E-state index contributed by atoms with van der Waals surface area (Å²) in [6, 6.07) is 15.6. The monoisotopic (exact) mass is 701 g/mol. The molecule has 5 N–H and O–H groups in total. The number of nitrogens with zero attached hydrogens (tertiary/aromatic N) is 2. The number of hydrazine groups is 2. The van der Waals surface area contributed by atoms with E-state index in [0.29, 0.717) is 64.3 Å². The number of benzene rings is 3. The number of carbonyl (C=O) groups is 1. The number of anilines is 2. The van der Waals surface area contributed by atoms with Gasteiger partial charge in [-0.1, -0.05) is 18.2 Å². The molecule has 0 saturated carbocycles. The average Bonchev–Trinajstić information content (AvgIpc) is 3.47. The van der Waals surface area contributed by atoms with E-state index in [1.54, 1.807) is 24.3 Å². The highest BCUT2D eigenvalue weighted by atomic mass is 32.2. The highest BCUT2D eigenvalue weighted by Gasteiger charge is 2.27. The first kappa shape index (κ1) is 37.9. The smallest absolute Gasteiger partial charge is 0.304 e. The molecule has 14 nitrogen and oxygen atoms in total. The number of nitrogens with one attached hydrogen (secondary N) is 2. The van der Waals surface area contributed by atoms with E-state index in [1.807, 2.05) is 44.3 Å². The molecule has 1 heterocycles. The Bertz CT molecular complexity index is 1640. The normalized spacial score (nSPS) is 13.3. The Hall–Kier alpha value is -3.96. The van der Waals surface area contributed by atoms with Gasteiger partial charge < -0.3 is 40.0 Å². The molecule has 1 atom stereocenters. The van der Waals surface area contributed by atoms with Crippen molar-refractivity contribution in [1.82, 2.24) is 9.84 Å². The minimum absolute atomic E-state index is 0.0889. The third-order valence-electron chi connectivity index (χ3n) is 8.00. The third-order valence-corrected chi connectivity index (χ3v) is 9.81. The van der Waals surface area contributed by atoms with Gasteiger partial charge in [-0.3, -0.25) is 9.80 Å². The summed E-state index contributed by atoms with van der Waals surface area (Å²) in [5.41, 5.74) is 16.2. The standard InChI is InChI=1S/C34H47N5O9S/c1-24-5-6-25(30(22-33(40)41)26-20-31-34(32(21-26)44-4)39(3)37-36-31)19-27(24)23-38(2)49(42,43)29-9-7-28(8-10-29)48-18-17-47-16-15-46-14-13-45-12-11-35/h5-10,19-21,30,36-37H,11-18,22-23,35H2,1-4H3,(H,40,41). The predicted molar refractivity (Wildman–Crippen MR) is 186 cm³/mol. The van der Waals surface area contributed by atoms with Gasteiger partial charge in [0.25, 0.3) is 0 Å². The van der Waals surface area contributed by atoms with E-state index in [4.69, 9.17) is 29.4 Å². The van der Waals surface area contributed by atoms with Crippen molar-refractivity contribution in [2.45, 2.75) is 30.7 Å². The van der Waals surface area contributed by atoms with Crippen molar-refractivity contribution in [3.05, 3.63) is 76.9 Å². The van der Waals surface area contributed by atoms with Crippen molar-refractivity contribution in [3.63, 3.8) is 0 Å². The van der Waals surface area contributed by atoms with Crippen LogP contribution in [-0.2, 0) is 35.6 Å². The van der Waals surface area contributed by atoms with Gasteiger partial charge in [-0.05, 0) is 65.6 Å². The van der Waals surface area contributed by atoms with Gasteiger partial charge in [0.2, 0.25) is 10.0 Å². The fraction of sp³-hybridized carbons (Fsp3) is 0.441. The second-order valence-electron chi connectivity index (χ2n) is 11.5. The van der Waals surface area contributed by atoms with Crippen molar-refractivity contribution < 1.29 is 42.0 Å². The predicted octanol–water partition coefficient (Wildman–Crippen LogP) is 3.10. The molecule has 4 rings (SSSR count). The van der Waals surface area contributed by atoms with Crippen LogP contribution in [0, 0.1) is 6.92 Å². The molecule has 0 fully saturated rings. The maximum absolute atomic E-state index is 13.5. The summed E-state index contributed by atoms with van der Waals surface area (Å²) in [6.45, 7) is 5.46. The van der Waals surface area contributed by atoms with Gasteiger partial charge in [0, 0.05) is 33.1 Å². The van der Waals surface area contributed by atoms with Crippen LogP contribution >= 0.6 is 0 Å². The van der Waals surface area contributed by atoms with E-state index in [2.05, 4.69) is 11.0 Å². The fourth-order valence-corrected chi connectivity index (χ4v) is 6.51. The molecule has 15 heteroatoms. The van der Waals surface area contributed by atoms with Crippen molar-refractivity contribution in [2.24, 2.45) is 5.73 Å². The molecular weight excluding hydrogens is 654 g/mol. The zero-order chi connectivity index (χ0) is 35.4. The number of hydrogen-bond donors (Lipinski definition) is 4. The lowest BCUT2D eigenvalue weighted by Crippen LogP contribution is -2.31. The Labute approximate surface area is 288 Å². The Kier molecular flexibility index (Phi) is 14.0. The minimum atomic E-state index is -3.85. The maximum Gasteiger partial charge on any atom is 0.304 e. The zero-order valence-corrected chi connectivity index (χ0v) is 29.3. The number of carboxylic acids is 1. The van der Waals surface area contributed by atoms with Crippen LogP contribution in [0.15, 0.2) is 59.5 Å². The first-order valence-corrected chi connectivity index (χ1v) is 17.4. The lowest BCUT2D eigenvalue weighted by Gasteiger charge is -2.22. The van der Waals surface area contributed by atoms with E-state index < -0.39 is 21.9 Å². The number of sulfonamides is 1. The van der Waals surface area contributed by atoms with Gasteiger partial charge >= 0.3 is 5.97 Å². The molecule has 0 saturated heterocycles. The summed E-state index contributed by atoms with van der Waals surface area (Å²) in [5, 5.41) is 11.6. The number of nitrogens with two attached hydrogens (primary N) is 1. The number of aryl methyl sites for hydroxylation is 1. The number of ether oxygens (including phenoxy) is 5. The van der Waals surface area contributed by atoms with Crippen molar-refractivity contribution >= 4 is 27.4 Å². The van der Waals surface area contributed by atoms with Crippen LogP contribution in [0.2, 0.25) is 0 Å². The lowest BCUT2D eigenvalue weighted by atomic mass is 9.86. The first-order valence-electron chi connectivity index (χ1n) is 16.0. The molecule has 3 aromatic carbocycles. The number of carboxylic acid groups (broad SMARTS) is 1. The van der Waals surface area contributed by atoms with Gasteiger partial charge in [0.15, 0.2) is 0 Å². The number of fused-ring (bicyclic) bond motifs is 1. The number of hydrogen-bond acceptors (Lipinski definition) is 12. The number of aliphatic carboxylic acids is 1. The molecule has 0 radical (unpaired) electrons. The number of methoxy groups -OCH3 is 1. The number of rotatable bonds is 21. The molecule has 268 valence electrons. The Morgan fingerprint density at radius 3 is 2.22 bits per heavy atom. The molecule has 0 amide bonds. The van der Waals surface area contributed by atoms with Gasteiger partial charge in [-0.25, -0.2) is 8.42 Å². The molecular formula is C34H47N5O9S. The zero-order valence-electron chi connectivity index (χ0n) is 28.4. The van der Waals surface area contributed by atoms with Gasteiger partial charge in [-0.2, -0.15) is 4.31 Å². The molecule has 0 bridgehead atoms. The highest BCUT2D eigenvalue weighted by molar-refractivity contribution is 7.89. The van der Waals surface area contributed by atoms with Crippen LogP contribution in [0.5, 0.6) is 11.5 Å². The first-order chi connectivity index (χ1) is 23.5. The second kappa shape index (κ2) is 18.2. The van der Waals surface area contributed by atoms with Crippen LogP contribution in [0.25, 0.3) is 0 Å². The van der Waals surface area contributed by atoms with Gasteiger partial charge in [0.05, 0.1) is 63.8 Å². The third kappa shape index (κ3) is 10.3. The summed E-state index contributed by atoms with van der Waals surface area (Å²) < 4.78 is 55.8. The van der Waals surface area contributed by atoms with E-state index in [9.17, 15) is 18.3 Å². The SMILES string of the molecule is COc1cc(C(CC(=O)O)c2ccc(C)c(CN(C)S(=O)(=O)c3ccc(OCCOCCOCCOCCN)cc3)c2)cc2c1N(C)NN2. The van der Waals surface area contributed by atoms with Crippen LogP contribution < -0.4 is 31.2 Å². The van der Waals surface area contributed by atoms with Crippen LogP contribution in [0.1, 0.15) is 34.6 Å². The summed E-state index contributed by atoms with van der Waals surface area (Å²) in [4.78, 5) is 12.1. The lowest BCUT2D eigenvalue weighted by molar-refractivity contribution is -0.137. The quantitative estimate of drug-likeness (QED) is 0.119. The van der Waals surface area contributed by atoms with Crippen LogP contribution in [0.4, 0.5) is 11.4 Å². The largest absolute Gasteiger partial charge is 0.494 e. The van der Waals surface area contributed by atoms with Gasteiger partial charge in [-0.15, -0.1) is 5.53 Å². The molecule has 1 aliphatic heterocycles. The molecule has 1 aliphatic rings. The van der Waals surface area contributed by atoms with Gasteiger partial charge in [0.1, 0.15) is 23.8 Å². The average molecular weight is 702 g/mol. The van der Waals surface area contributed by atoms with E-state index in [0.717, 1.165) is 33.6 Å². The molecule has 0 aromatic heterocycles. The second-order valence-corrected chi connectivity index (χ2v) is 13.5. The Morgan fingerprint density at radius 2 is 1.59 bits per heavy atom. The Morgan fingerprint density at radius 1 is 0.939 bits per heavy atom. The Balaban J connectivity index is 1.38. The summed E-state index contributed by atoms with van der Waals surface area (Å²) in [7, 11) is 1.09. The summed E-state index contributed by atoms with van der Waals surface area (Å²) in [5.74, 6) is -0.357. The van der Waals surface area contributed by atoms with Crippen molar-refractivity contribution in [3.8, 4) is 11.5 Å². The van der Waals surface area contributed by atoms with Crippen LogP contribution in [0.3, 0.4) is 0 Å². The van der Waals surface area contributed by atoms with Crippen LogP contribution in [-0.4, -0.2) is 97.8 Å². The maximum atomic E-state index is 13.5. The van der Waals surface area contributed by atoms with E-state index >= 15 is 0 Å². The molecule has 0 spiro atoms. The summed E-state index contributed by atoms with van der Waals surface area (Å²) >= 11 is 0. The van der Waals surface area contributed by atoms with E-state index in [1.165, 1.54) is 23.5 Å².